The third kappa shape index (κ3) is 5.94. The third-order valence-corrected chi connectivity index (χ3v) is 2.77. The predicted octanol–water partition coefficient (Wildman–Crippen LogP) is 0.827. The summed E-state index contributed by atoms with van der Waals surface area (Å²) >= 11 is 0. The number of hydrogen-bond donors (Lipinski definition) is 1. The molecule has 2 radical (unpaired) electrons. The molecule has 0 saturated carbocycles. The van der Waals surface area contributed by atoms with Gasteiger partial charge >= 0.3 is 6.09 Å². The van der Waals surface area contributed by atoms with E-state index >= 15 is 0 Å². The van der Waals surface area contributed by atoms with E-state index in [9.17, 15) is 4.79 Å². The zero-order valence-corrected chi connectivity index (χ0v) is 11.9. The number of carbonyl (C=O) groups is 1. The summed E-state index contributed by atoms with van der Waals surface area (Å²) in [5, 5.41) is 0. The lowest BCUT2D eigenvalue weighted by atomic mass is 10.2. The van der Waals surface area contributed by atoms with Gasteiger partial charge in [-0.2, -0.15) is 0 Å². The van der Waals surface area contributed by atoms with Crippen LogP contribution in [0.15, 0.2) is 24.3 Å². The fraction of sp³-hybridized carbons (Fsp3) is 0.462. The fourth-order valence-corrected chi connectivity index (χ4v) is 1.47. The summed E-state index contributed by atoms with van der Waals surface area (Å²) in [6, 6.07) is 7.20. The van der Waals surface area contributed by atoms with Crippen molar-refractivity contribution in [2.45, 2.75) is 6.61 Å². The zero-order chi connectivity index (χ0) is 15.0. The topological polar surface area (TPSA) is 68.0 Å². The third-order valence-electron chi connectivity index (χ3n) is 2.77. The van der Waals surface area contributed by atoms with Crippen molar-refractivity contribution in [3.8, 4) is 0 Å². The molecule has 0 bridgehead atoms. The molecular formula is C13H20BN3O3. The highest BCUT2D eigenvalue weighted by molar-refractivity contribution is 5.97. The molecule has 1 amide bonds. The van der Waals surface area contributed by atoms with Crippen LogP contribution in [0.3, 0.4) is 0 Å². The smallest absolute Gasteiger partial charge is 0.409 e. The Balaban J connectivity index is 2.29. The monoisotopic (exact) mass is 277 g/mol. The molecule has 0 fully saturated rings. The molecule has 1 aromatic rings. The van der Waals surface area contributed by atoms with E-state index in [4.69, 9.17) is 18.5 Å². The van der Waals surface area contributed by atoms with Gasteiger partial charge in [-0.3, -0.25) is 4.90 Å². The maximum absolute atomic E-state index is 11.8. The lowest BCUT2D eigenvalue weighted by Crippen LogP contribution is -2.35. The van der Waals surface area contributed by atoms with Crippen LogP contribution in [0.2, 0.25) is 0 Å². The fourth-order valence-electron chi connectivity index (χ4n) is 1.47. The standard InChI is InChI=1S/C13H20BN3O3/c1-16(10-20-14)7-8-17(2)13(18)19-9-11-3-5-12(15)6-4-11/h3-6H,7-10,15H2,1-2H3. The van der Waals surface area contributed by atoms with Crippen LogP contribution in [-0.4, -0.2) is 57.9 Å². The van der Waals surface area contributed by atoms with Crippen molar-refractivity contribution in [1.29, 1.82) is 0 Å². The molecule has 0 heterocycles. The van der Waals surface area contributed by atoms with E-state index in [2.05, 4.69) is 4.65 Å². The van der Waals surface area contributed by atoms with Crippen molar-refractivity contribution in [3.05, 3.63) is 29.8 Å². The van der Waals surface area contributed by atoms with Crippen molar-refractivity contribution in [2.24, 2.45) is 0 Å². The molecule has 20 heavy (non-hydrogen) atoms. The van der Waals surface area contributed by atoms with Gasteiger partial charge in [-0.15, -0.1) is 0 Å². The molecule has 1 rings (SSSR count). The number of carbonyl (C=O) groups excluding carboxylic acids is 1. The number of likely N-dealkylation sites (N-methyl/N-ethyl adjacent to an activating group) is 2. The van der Waals surface area contributed by atoms with Gasteiger partial charge in [0.2, 0.25) is 0 Å². The Labute approximate surface area is 120 Å². The Bertz CT molecular complexity index is 414. The minimum atomic E-state index is -0.371. The van der Waals surface area contributed by atoms with Gasteiger partial charge in [-0.05, 0) is 24.7 Å². The SMILES string of the molecule is [B]OCN(C)CCN(C)C(=O)OCc1ccc(N)cc1. The van der Waals surface area contributed by atoms with Crippen LogP contribution < -0.4 is 5.73 Å². The summed E-state index contributed by atoms with van der Waals surface area (Å²) in [6.07, 6.45) is -0.371. The highest BCUT2D eigenvalue weighted by atomic mass is 16.6. The molecule has 0 atom stereocenters. The number of rotatable bonds is 7. The second kappa shape index (κ2) is 8.45. The normalized spacial score (nSPS) is 10.6. The summed E-state index contributed by atoms with van der Waals surface area (Å²) in [5.41, 5.74) is 7.16. The molecule has 0 aromatic heterocycles. The Morgan fingerprint density at radius 1 is 1.25 bits per heavy atom. The van der Waals surface area contributed by atoms with Crippen molar-refractivity contribution in [3.63, 3.8) is 0 Å². The second-order valence-electron chi connectivity index (χ2n) is 4.59. The van der Waals surface area contributed by atoms with Crippen molar-refractivity contribution < 1.29 is 14.2 Å². The van der Waals surface area contributed by atoms with Gasteiger partial charge in [0.1, 0.15) is 6.61 Å². The van der Waals surface area contributed by atoms with E-state index in [1.807, 2.05) is 24.1 Å². The van der Waals surface area contributed by atoms with Gasteiger partial charge < -0.3 is 20.0 Å². The lowest BCUT2D eigenvalue weighted by Gasteiger charge is -2.21. The lowest BCUT2D eigenvalue weighted by molar-refractivity contribution is 0.0955. The molecule has 0 aliphatic carbocycles. The molecule has 2 N–H and O–H groups in total. The van der Waals surface area contributed by atoms with Crippen LogP contribution in [0, 0.1) is 0 Å². The molecule has 0 saturated heterocycles. The number of hydrogen-bond acceptors (Lipinski definition) is 5. The highest BCUT2D eigenvalue weighted by Crippen LogP contribution is 2.07. The summed E-state index contributed by atoms with van der Waals surface area (Å²) < 4.78 is 9.69. The average Bonchev–Trinajstić information content (AvgIpc) is 2.44. The van der Waals surface area contributed by atoms with Crippen molar-refractivity contribution in [2.75, 3.05) is 39.6 Å². The first-order valence-electron chi connectivity index (χ1n) is 6.25. The van der Waals surface area contributed by atoms with Crippen LogP contribution >= 0.6 is 0 Å². The number of ether oxygens (including phenoxy) is 1. The van der Waals surface area contributed by atoms with Crippen molar-refractivity contribution >= 4 is 19.8 Å². The minimum absolute atomic E-state index is 0.227. The number of nitrogens with zero attached hydrogens (tertiary/aromatic N) is 2. The Hall–Kier alpha value is -1.73. The number of nitrogens with two attached hydrogens (primary N) is 1. The van der Waals surface area contributed by atoms with Gasteiger partial charge in [-0.1, -0.05) is 12.1 Å². The highest BCUT2D eigenvalue weighted by Gasteiger charge is 2.10. The molecule has 0 unspecified atom stereocenters. The average molecular weight is 277 g/mol. The molecule has 0 spiro atoms. The first-order valence-corrected chi connectivity index (χ1v) is 6.25. The Morgan fingerprint density at radius 2 is 1.90 bits per heavy atom. The summed E-state index contributed by atoms with van der Waals surface area (Å²) in [4.78, 5) is 15.1. The molecular weight excluding hydrogens is 257 g/mol. The Kier molecular flexibility index (Phi) is 6.90. The first-order chi connectivity index (χ1) is 9.52. The van der Waals surface area contributed by atoms with E-state index in [1.165, 1.54) is 4.90 Å². The quantitative estimate of drug-likeness (QED) is 0.454. The first kappa shape index (κ1) is 16.3. The molecule has 0 aliphatic heterocycles. The van der Waals surface area contributed by atoms with E-state index in [0.29, 0.717) is 25.5 Å². The number of anilines is 1. The largest absolute Gasteiger partial charge is 0.445 e. The van der Waals surface area contributed by atoms with Gasteiger partial charge in [-0.25, -0.2) is 4.79 Å². The van der Waals surface area contributed by atoms with Gasteiger partial charge in [0, 0.05) is 25.8 Å². The van der Waals surface area contributed by atoms with E-state index < -0.39 is 0 Å². The molecule has 7 heteroatoms. The maximum Gasteiger partial charge on any atom is 0.409 e. The van der Waals surface area contributed by atoms with Crippen LogP contribution in [0.1, 0.15) is 5.56 Å². The summed E-state index contributed by atoms with van der Waals surface area (Å²) in [6.45, 7) is 1.71. The predicted molar refractivity (Wildman–Crippen MR) is 78.0 cm³/mol. The van der Waals surface area contributed by atoms with Crippen LogP contribution in [0.5, 0.6) is 0 Å². The number of benzene rings is 1. The van der Waals surface area contributed by atoms with Crippen LogP contribution in [0.25, 0.3) is 0 Å². The minimum Gasteiger partial charge on any atom is -0.445 e. The van der Waals surface area contributed by atoms with Crippen molar-refractivity contribution in [1.82, 2.24) is 9.80 Å². The maximum atomic E-state index is 11.8. The second-order valence-corrected chi connectivity index (χ2v) is 4.59. The molecule has 0 aliphatic rings. The number of nitrogen functional groups attached to an aromatic ring is 1. The zero-order valence-electron chi connectivity index (χ0n) is 11.9. The Morgan fingerprint density at radius 3 is 2.50 bits per heavy atom. The van der Waals surface area contributed by atoms with E-state index in [-0.39, 0.29) is 12.7 Å². The van der Waals surface area contributed by atoms with E-state index in [1.54, 1.807) is 19.2 Å². The van der Waals surface area contributed by atoms with Gasteiger partial charge in [0.15, 0.2) is 0 Å². The van der Waals surface area contributed by atoms with E-state index in [0.717, 1.165) is 5.56 Å². The molecule has 1 aromatic carbocycles. The van der Waals surface area contributed by atoms with Gasteiger partial charge in [0.25, 0.3) is 8.05 Å². The molecule has 6 nitrogen and oxygen atoms in total. The summed E-state index contributed by atoms with van der Waals surface area (Å²) in [5.74, 6) is 0. The summed E-state index contributed by atoms with van der Waals surface area (Å²) in [7, 11) is 8.49. The van der Waals surface area contributed by atoms with Crippen LogP contribution in [-0.2, 0) is 16.0 Å². The molecule has 108 valence electrons. The van der Waals surface area contributed by atoms with Crippen LogP contribution in [0.4, 0.5) is 10.5 Å². The van der Waals surface area contributed by atoms with Gasteiger partial charge in [0.05, 0.1) is 6.73 Å². The number of amides is 1.